The highest BCUT2D eigenvalue weighted by molar-refractivity contribution is 7.85. The second kappa shape index (κ2) is 4.53. The molecule has 0 fully saturated rings. The van der Waals surface area contributed by atoms with Crippen molar-refractivity contribution in [3.8, 4) is 0 Å². The van der Waals surface area contributed by atoms with Crippen LogP contribution in [0.4, 0.5) is 8.78 Å². The van der Waals surface area contributed by atoms with Crippen LogP contribution in [0, 0.1) is 11.6 Å². The third-order valence-corrected chi connectivity index (χ3v) is 4.24. The van der Waals surface area contributed by atoms with Crippen LogP contribution in [-0.2, 0) is 17.4 Å². The molecule has 1 aliphatic rings. The highest BCUT2D eigenvalue weighted by Crippen LogP contribution is 2.26. The van der Waals surface area contributed by atoms with Crippen LogP contribution in [0.15, 0.2) is 16.5 Å². The Balaban J connectivity index is 2.41. The molecule has 18 heavy (non-hydrogen) atoms. The van der Waals surface area contributed by atoms with E-state index in [1.54, 1.807) is 0 Å². The predicted molar refractivity (Wildman–Crippen MR) is 69.1 cm³/mol. The van der Waals surface area contributed by atoms with Crippen LogP contribution in [-0.4, -0.2) is 14.7 Å². The van der Waals surface area contributed by atoms with Gasteiger partial charge in [0.05, 0.1) is 10.5 Å². The minimum absolute atomic E-state index is 0.450. The summed E-state index contributed by atoms with van der Waals surface area (Å²) in [6.45, 7) is 5.48. The first-order valence-electron chi connectivity index (χ1n) is 5.77. The van der Waals surface area contributed by atoms with E-state index < -0.39 is 27.4 Å². The first-order valence-corrected chi connectivity index (χ1v) is 6.87. The third kappa shape index (κ3) is 2.51. The lowest BCUT2D eigenvalue weighted by atomic mass is 10.1. The minimum Gasteiger partial charge on any atom is -0.234 e. The Morgan fingerprint density at radius 3 is 2.39 bits per heavy atom. The van der Waals surface area contributed by atoms with E-state index in [0.717, 1.165) is 11.6 Å². The molecule has 0 bridgehead atoms. The highest BCUT2D eigenvalue weighted by Gasteiger charge is 2.24. The van der Waals surface area contributed by atoms with Crippen LogP contribution in [0.1, 0.15) is 38.3 Å². The maximum absolute atomic E-state index is 13.2. The molecule has 1 aromatic rings. The van der Waals surface area contributed by atoms with Crippen molar-refractivity contribution in [2.24, 2.45) is 4.40 Å². The Kier molecular flexibility index (Phi) is 3.36. The van der Waals surface area contributed by atoms with E-state index >= 15 is 0 Å². The van der Waals surface area contributed by atoms with Crippen LogP contribution >= 0.6 is 0 Å². The quantitative estimate of drug-likeness (QED) is 0.771. The van der Waals surface area contributed by atoms with Crippen molar-refractivity contribution in [1.82, 2.24) is 0 Å². The van der Waals surface area contributed by atoms with Gasteiger partial charge in [0.25, 0.3) is 0 Å². The number of rotatable bonds is 1. The van der Waals surface area contributed by atoms with Crippen LogP contribution in [0.2, 0.25) is 0 Å². The van der Waals surface area contributed by atoms with Crippen LogP contribution in [0.5, 0.6) is 0 Å². The molecule has 0 aromatic heterocycles. The molecule has 0 N–H and O–H groups in total. The van der Waals surface area contributed by atoms with Crippen LogP contribution < -0.4 is 0 Å². The first kappa shape index (κ1) is 13.3. The number of halogens is 2. The molecule has 0 radical (unpaired) electrons. The third-order valence-electron chi connectivity index (χ3n) is 2.81. The molecular weight excluding hydrogens is 256 g/mol. The van der Waals surface area contributed by atoms with Gasteiger partial charge >= 0.3 is 0 Å². The zero-order chi connectivity index (χ0) is 13.5. The Morgan fingerprint density at radius 1 is 1.17 bits per heavy atom. The molecule has 0 amide bonds. The van der Waals surface area contributed by atoms with E-state index in [1.165, 1.54) is 6.07 Å². The molecule has 98 valence electrons. The van der Waals surface area contributed by atoms with Gasteiger partial charge < -0.3 is 0 Å². The van der Waals surface area contributed by atoms with E-state index in [2.05, 4.69) is 4.40 Å². The van der Waals surface area contributed by atoms with Gasteiger partial charge in [-0.3, -0.25) is 0 Å². The fourth-order valence-electron chi connectivity index (χ4n) is 1.78. The van der Waals surface area contributed by atoms with Gasteiger partial charge in [-0.15, -0.1) is 0 Å². The van der Waals surface area contributed by atoms with Crippen molar-refractivity contribution in [2.75, 3.05) is 0 Å². The second-order valence-corrected chi connectivity index (χ2v) is 7.23. The number of hydrogen-bond acceptors (Lipinski definition) is 1. The normalized spacial score (nSPS) is 19.1. The van der Waals surface area contributed by atoms with E-state index in [4.69, 9.17) is 0 Å². The maximum atomic E-state index is 13.2. The van der Waals surface area contributed by atoms with Crippen molar-refractivity contribution in [3.05, 3.63) is 34.9 Å². The Morgan fingerprint density at radius 2 is 1.78 bits per heavy atom. The standard InChI is InChI=1S/C13H15F2NOS/c1-13(2,3)18(17)16-12-5-4-8-6-10(14)11(15)7-9(8)12/h6-7H,4-5H2,1-3H3. The summed E-state index contributed by atoms with van der Waals surface area (Å²) in [4.78, 5) is 0. The molecule has 2 nitrogen and oxygen atoms in total. The summed E-state index contributed by atoms with van der Waals surface area (Å²) in [5.41, 5.74) is 1.93. The predicted octanol–water partition coefficient (Wildman–Crippen LogP) is 3.16. The smallest absolute Gasteiger partial charge is 0.159 e. The van der Waals surface area contributed by atoms with E-state index in [9.17, 15) is 13.0 Å². The summed E-state index contributed by atoms with van der Waals surface area (Å²) >= 11 is 0. The summed E-state index contributed by atoms with van der Waals surface area (Å²) in [6.07, 6.45) is 1.20. The molecule has 2 rings (SSSR count). The molecule has 1 atom stereocenters. The van der Waals surface area contributed by atoms with Gasteiger partial charge in [-0.05, 0) is 51.3 Å². The SMILES string of the molecule is CC(C)(C)S(=O)N=C1CCc2cc(F)c(F)cc21. The molecule has 0 saturated heterocycles. The van der Waals surface area contributed by atoms with E-state index in [0.29, 0.717) is 24.1 Å². The lowest BCUT2D eigenvalue weighted by Gasteiger charge is -2.14. The van der Waals surface area contributed by atoms with Crippen LogP contribution in [0.25, 0.3) is 0 Å². The van der Waals surface area contributed by atoms with Gasteiger partial charge in [-0.1, -0.05) is 0 Å². The fraction of sp³-hybridized carbons (Fsp3) is 0.462. The molecular formula is C13H15F2NOS. The summed E-state index contributed by atoms with van der Waals surface area (Å²) in [7, 11) is -1.37. The van der Waals surface area contributed by atoms with Crippen molar-refractivity contribution < 1.29 is 13.0 Å². The largest absolute Gasteiger partial charge is 0.234 e. The van der Waals surface area contributed by atoms with Gasteiger partial charge in [0.2, 0.25) is 0 Å². The molecule has 1 unspecified atom stereocenters. The molecule has 5 heteroatoms. The molecule has 0 spiro atoms. The average molecular weight is 271 g/mol. The minimum atomic E-state index is -1.37. The van der Waals surface area contributed by atoms with Gasteiger partial charge in [0.1, 0.15) is 11.0 Å². The number of aryl methyl sites for hydroxylation is 1. The molecule has 0 saturated carbocycles. The molecule has 1 aromatic carbocycles. The lowest BCUT2D eigenvalue weighted by molar-refractivity contribution is 0.507. The summed E-state index contributed by atoms with van der Waals surface area (Å²) in [6, 6.07) is 2.35. The topological polar surface area (TPSA) is 29.4 Å². The molecule has 0 aliphatic heterocycles. The fourth-order valence-corrected chi connectivity index (χ4v) is 2.45. The van der Waals surface area contributed by atoms with Crippen molar-refractivity contribution in [2.45, 2.75) is 38.4 Å². The summed E-state index contributed by atoms with van der Waals surface area (Å²) < 4.78 is 41.9. The monoisotopic (exact) mass is 271 g/mol. The van der Waals surface area contributed by atoms with Gasteiger partial charge in [-0.2, -0.15) is 4.40 Å². The van der Waals surface area contributed by atoms with Crippen molar-refractivity contribution in [1.29, 1.82) is 0 Å². The Bertz CT molecular complexity index is 547. The van der Waals surface area contributed by atoms with Gasteiger partial charge in [0, 0.05) is 5.56 Å². The van der Waals surface area contributed by atoms with E-state index in [-0.39, 0.29) is 0 Å². The average Bonchev–Trinajstić information content (AvgIpc) is 2.61. The summed E-state index contributed by atoms with van der Waals surface area (Å²) in [5, 5.41) is 0. The molecule has 1 aliphatic carbocycles. The number of hydrogen-bond donors (Lipinski definition) is 0. The maximum Gasteiger partial charge on any atom is 0.159 e. The van der Waals surface area contributed by atoms with Crippen LogP contribution in [0.3, 0.4) is 0 Å². The summed E-state index contributed by atoms with van der Waals surface area (Å²) in [5.74, 6) is -1.73. The zero-order valence-electron chi connectivity index (χ0n) is 10.6. The van der Waals surface area contributed by atoms with Crippen molar-refractivity contribution in [3.63, 3.8) is 0 Å². The number of fused-ring (bicyclic) bond motifs is 1. The van der Waals surface area contributed by atoms with E-state index in [1.807, 2.05) is 20.8 Å². The van der Waals surface area contributed by atoms with Crippen molar-refractivity contribution >= 4 is 16.7 Å². The zero-order valence-corrected chi connectivity index (χ0v) is 11.4. The van der Waals surface area contributed by atoms with Gasteiger partial charge in [0.15, 0.2) is 11.6 Å². The molecule has 0 heterocycles. The second-order valence-electron chi connectivity index (χ2n) is 5.32. The number of nitrogens with zero attached hydrogens (tertiary/aromatic N) is 1. The van der Waals surface area contributed by atoms with Gasteiger partial charge in [-0.25, -0.2) is 13.0 Å². The lowest BCUT2D eigenvalue weighted by Crippen LogP contribution is -2.20. The highest BCUT2D eigenvalue weighted by atomic mass is 32.2. The number of benzene rings is 1. The Hall–Kier alpha value is -1.10. The first-order chi connectivity index (χ1) is 8.29. The Labute approximate surface area is 108 Å².